The van der Waals surface area contributed by atoms with Gasteiger partial charge in [-0.2, -0.15) is 0 Å². The molecule has 0 aliphatic heterocycles. The van der Waals surface area contributed by atoms with Crippen molar-refractivity contribution in [3.05, 3.63) is 16.8 Å². The molecule has 0 saturated heterocycles. The fourth-order valence-corrected chi connectivity index (χ4v) is 1.20. The van der Waals surface area contributed by atoms with Crippen LogP contribution in [0.3, 0.4) is 0 Å². The number of carbonyl (C=O) groups excluding carboxylic acids is 1. The zero-order chi connectivity index (χ0) is 8.43. The Morgan fingerprint density at radius 2 is 2.27 bits per heavy atom. The summed E-state index contributed by atoms with van der Waals surface area (Å²) in [5.41, 5.74) is 2.16. The van der Waals surface area contributed by atoms with Crippen molar-refractivity contribution in [3.63, 3.8) is 0 Å². The largest absolute Gasteiger partial charge is 0.494 e. The highest BCUT2D eigenvalue weighted by Gasteiger charge is 2.10. The van der Waals surface area contributed by atoms with E-state index in [2.05, 4.69) is 4.98 Å². The highest BCUT2D eigenvalue weighted by Crippen LogP contribution is 2.22. The molecule has 0 aliphatic carbocycles. The first-order valence-corrected chi connectivity index (χ1v) is 3.56. The number of hydrogen-bond donors (Lipinski definition) is 2. The molecule has 60 valence electrons. The molecule has 0 fully saturated rings. The monoisotopic (exact) mass is 153 g/mol. The molecule has 1 rings (SSSR count). The molecule has 0 aliphatic rings. The minimum atomic E-state index is 0.101. The van der Waals surface area contributed by atoms with Crippen LogP contribution in [0.2, 0.25) is 0 Å². The van der Waals surface area contributed by atoms with E-state index in [1.807, 2.05) is 6.92 Å². The van der Waals surface area contributed by atoms with Crippen molar-refractivity contribution in [2.75, 3.05) is 0 Å². The predicted octanol–water partition coefficient (Wildman–Crippen LogP) is 1.40. The standard InChI is InChI=1S/C8H11NO2/c1-3-6-5(2)8(11)9-7(6)4-10/h4,9,11H,3H2,1-2H3. The van der Waals surface area contributed by atoms with E-state index in [4.69, 9.17) is 5.11 Å². The van der Waals surface area contributed by atoms with E-state index >= 15 is 0 Å². The second kappa shape index (κ2) is 2.78. The van der Waals surface area contributed by atoms with Crippen LogP contribution in [0.5, 0.6) is 5.88 Å². The number of aromatic amines is 1. The van der Waals surface area contributed by atoms with Gasteiger partial charge in [0.2, 0.25) is 0 Å². The van der Waals surface area contributed by atoms with Crippen LogP contribution < -0.4 is 0 Å². The molecule has 11 heavy (non-hydrogen) atoms. The van der Waals surface area contributed by atoms with Crippen LogP contribution in [0.15, 0.2) is 0 Å². The van der Waals surface area contributed by atoms with E-state index < -0.39 is 0 Å². The van der Waals surface area contributed by atoms with Gasteiger partial charge in [0.15, 0.2) is 12.2 Å². The molecule has 0 aromatic carbocycles. The number of nitrogens with one attached hydrogen (secondary N) is 1. The van der Waals surface area contributed by atoms with Crippen LogP contribution in [-0.2, 0) is 6.42 Å². The van der Waals surface area contributed by atoms with E-state index in [-0.39, 0.29) is 5.88 Å². The minimum Gasteiger partial charge on any atom is -0.494 e. The number of carbonyl (C=O) groups is 1. The molecule has 0 unspecified atom stereocenters. The summed E-state index contributed by atoms with van der Waals surface area (Å²) in [5, 5.41) is 9.17. The Bertz CT molecular complexity index is 276. The molecule has 1 heterocycles. The average Bonchev–Trinajstić information content (AvgIpc) is 2.28. The number of aromatic hydroxyl groups is 1. The van der Waals surface area contributed by atoms with Crippen molar-refractivity contribution in [1.29, 1.82) is 0 Å². The van der Waals surface area contributed by atoms with Gasteiger partial charge in [-0.25, -0.2) is 0 Å². The van der Waals surface area contributed by atoms with Crippen LogP contribution >= 0.6 is 0 Å². The van der Waals surface area contributed by atoms with E-state index in [9.17, 15) is 4.79 Å². The van der Waals surface area contributed by atoms with Gasteiger partial charge in [0.05, 0.1) is 5.69 Å². The lowest BCUT2D eigenvalue weighted by Gasteiger charge is -1.92. The predicted molar refractivity (Wildman–Crippen MR) is 42.0 cm³/mol. The summed E-state index contributed by atoms with van der Waals surface area (Å²) in [6.45, 7) is 3.74. The molecule has 0 bridgehead atoms. The Kier molecular flexibility index (Phi) is 1.98. The van der Waals surface area contributed by atoms with Gasteiger partial charge in [-0.1, -0.05) is 6.92 Å². The average molecular weight is 153 g/mol. The molecule has 0 spiro atoms. The third-order valence-electron chi connectivity index (χ3n) is 1.86. The summed E-state index contributed by atoms with van der Waals surface area (Å²) in [6.07, 6.45) is 1.49. The van der Waals surface area contributed by atoms with Gasteiger partial charge in [0, 0.05) is 5.56 Å². The number of aldehydes is 1. The topological polar surface area (TPSA) is 53.1 Å². The van der Waals surface area contributed by atoms with Crippen LogP contribution in [0, 0.1) is 6.92 Å². The minimum absolute atomic E-state index is 0.101. The molecular formula is C8H11NO2. The lowest BCUT2D eigenvalue weighted by molar-refractivity contribution is 0.111. The number of hydrogen-bond acceptors (Lipinski definition) is 2. The van der Waals surface area contributed by atoms with Crippen molar-refractivity contribution in [3.8, 4) is 5.88 Å². The summed E-state index contributed by atoms with van der Waals surface area (Å²) in [6, 6.07) is 0. The number of H-pyrrole nitrogens is 1. The van der Waals surface area contributed by atoms with Crippen molar-refractivity contribution in [2.24, 2.45) is 0 Å². The fourth-order valence-electron chi connectivity index (χ4n) is 1.20. The van der Waals surface area contributed by atoms with Crippen molar-refractivity contribution in [2.45, 2.75) is 20.3 Å². The Balaban J connectivity index is 3.26. The van der Waals surface area contributed by atoms with Crippen LogP contribution in [0.25, 0.3) is 0 Å². The maximum atomic E-state index is 10.4. The van der Waals surface area contributed by atoms with Gasteiger partial charge in [0.1, 0.15) is 0 Å². The zero-order valence-electron chi connectivity index (χ0n) is 6.64. The first kappa shape index (κ1) is 7.85. The molecule has 2 N–H and O–H groups in total. The Hall–Kier alpha value is -1.25. The molecule has 3 nitrogen and oxygen atoms in total. The van der Waals surface area contributed by atoms with Crippen molar-refractivity contribution >= 4 is 6.29 Å². The third kappa shape index (κ3) is 1.13. The summed E-state index contributed by atoms with van der Waals surface area (Å²) in [7, 11) is 0. The van der Waals surface area contributed by atoms with Crippen LogP contribution in [0.1, 0.15) is 28.5 Å². The Morgan fingerprint density at radius 1 is 1.64 bits per heavy atom. The van der Waals surface area contributed by atoms with Crippen LogP contribution in [-0.4, -0.2) is 16.4 Å². The van der Waals surface area contributed by atoms with Gasteiger partial charge in [-0.05, 0) is 18.9 Å². The van der Waals surface area contributed by atoms with E-state index in [1.54, 1.807) is 6.92 Å². The lowest BCUT2D eigenvalue weighted by atomic mass is 10.1. The first-order valence-electron chi connectivity index (χ1n) is 3.56. The van der Waals surface area contributed by atoms with Gasteiger partial charge < -0.3 is 10.1 Å². The van der Waals surface area contributed by atoms with Crippen molar-refractivity contribution < 1.29 is 9.90 Å². The molecule has 3 heteroatoms. The number of aromatic nitrogens is 1. The quantitative estimate of drug-likeness (QED) is 0.631. The summed E-state index contributed by atoms with van der Waals surface area (Å²) >= 11 is 0. The van der Waals surface area contributed by atoms with Gasteiger partial charge >= 0.3 is 0 Å². The maximum Gasteiger partial charge on any atom is 0.192 e. The molecule has 1 aromatic heterocycles. The van der Waals surface area contributed by atoms with Gasteiger partial charge in [-0.3, -0.25) is 4.79 Å². The second-order valence-corrected chi connectivity index (χ2v) is 2.46. The lowest BCUT2D eigenvalue weighted by Crippen LogP contribution is -1.87. The highest BCUT2D eigenvalue weighted by molar-refractivity contribution is 5.76. The van der Waals surface area contributed by atoms with E-state index in [1.165, 1.54) is 0 Å². The Morgan fingerprint density at radius 3 is 2.64 bits per heavy atom. The number of rotatable bonds is 2. The van der Waals surface area contributed by atoms with Gasteiger partial charge in [0.25, 0.3) is 0 Å². The smallest absolute Gasteiger partial charge is 0.192 e. The third-order valence-corrected chi connectivity index (χ3v) is 1.86. The first-order chi connectivity index (χ1) is 5.20. The summed E-state index contributed by atoms with van der Waals surface area (Å²) in [4.78, 5) is 13.0. The normalized spacial score (nSPS) is 10.0. The van der Waals surface area contributed by atoms with Crippen molar-refractivity contribution in [1.82, 2.24) is 4.98 Å². The molecule has 0 amide bonds. The second-order valence-electron chi connectivity index (χ2n) is 2.46. The maximum absolute atomic E-state index is 10.4. The molecule has 1 aromatic rings. The highest BCUT2D eigenvalue weighted by atomic mass is 16.3. The van der Waals surface area contributed by atoms with E-state index in [0.29, 0.717) is 5.69 Å². The fraction of sp³-hybridized carbons (Fsp3) is 0.375. The summed E-state index contributed by atoms with van der Waals surface area (Å²) < 4.78 is 0. The molecule has 0 saturated carbocycles. The summed E-state index contributed by atoms with van der Waals surface area (Å²) in [5.74, 6) is 0.101. The van der Waals surface area contributed by atoms with E-state index in [0.717, 1.165) is 23.8 Å². The molecule has 0 radical (unpaired) electrons. The van der Waals surface area contributed by atoms with Crippen LogP contribution in [0.4, 0.5) is 0 Å². The Labute approximate surface area is 65.1 Å². The SMILES string of the molecule is CCc1c(C=O)[nH]c(O)c1C. The van der Waals surface area contributed by atoms with Gasteiger partial charge in [-0.15, -0.1) is 0 Å². The molecule has 0 atom stereocenters. The zero-order valence-corrected chi connectivity index (χ0v) is 6.64. The molecular weight excluding hydrogens is 142 g/mol.